The largest absolute Gasteiger partial charge is 0.345 e. The zero-order valence-corrected chi connectivity index (χ0v) is 4.97. The SMILES string of the molecule is BN1CC(N)[C@@H](F)C1. The monoisotopic (exact) mass is 116 g/mol. The first-order valence-electron chi connectivity index (χ1n) is 2.78. The van der Waals surface area contributed by atoms with E-state index < -0.39 is 6.17 Å². The quantitative estimate of drug-likeness (QED) is 0.391. The first kappa shape index (κ1) is 6.04. The summed E-state index contributed by atoms with van der Waals surface area (Å²) in [5, 5.41) is 0. The second-order valence-corrected chi connectivity index (χ2v) is 2.40. The molecule has 8 heavy (non-hydrogen) atoms. The summed E-state index contributed by atoms with van der Waals surface area (Å²) in [6, 6.07) is -0.250. The minimum Gasteiger partial charge on any atom is -0.345 e. The van der Waals surface area contributed by atoms with Crippen LogP contribution in [-0.4, -0.2) is 38.1 Å². The standard InChI is InChI=1S/C4H10BFN2/c5-8-1-3(6)4(7)2-8/h3-4H,1-2,5,7H2/t3-,4?/m0/s1. The van der Waals surface area contributed by atoms with Crippen molar-refractivity contribution in [3.8, 4) is 0 Å². The van der Waals surface area contributed by atoms with E-state index in [1.165, 1.54) is 0 Å². The predicted molar refractivity (Wildman–Crippen MR) is 33.0 cm³/mol. The lowest BCUT2D eigenvalue weighted by Crippen LogP contribution is -2.30. The molecule has 4 heteroatoms. The maximum absolute atomic E-state index is 12.4. The van der Waals surface area contributed by atoms with Crippen LogP contribution in [0.4, 0.5) is 4.39 Å². The van der Waals surface area contributed by atoms with Crippen LogP contribution in [0.15, 0.2) is 0 Å². The average molecular weight is 116 g/mol. The molecule has 1 rings (SSSR count). The lowest BCUT2D eigenvalue weighted by Gasteiger charge is -2.02. The van der Waals surface area contributed by atoms with Crippen molar-refractivity contribution in [2.24, 2.45) is 5.73 Å². The lowest BCUT2D eigenvalue weighted by atomic mass is 10.2. The molecule has 0 aromatic rings. The van der Waals surface area contributed by atoms with Crippen LogP contribution in [-0.2, 0) is 0 Å². The molecule has 46 valence electrons. The molecule has 2 nitrogen and oxygen atoms in total. The van der Waals surface area contributed by atoms with E-state index in [4.69, 9.17) is 5.73 Å². The molecule has 1 heterocycles. The van der Waals surface area contributed by atoms with Gasteiger partial charge in [0, 0.05) is 19.1 Å². The number of hydrogen-bond acceptors (Lipinski definition) is 2. The van der Waals surface area contributed by atoms with Crippen molar-refractivity contribution in [3.63, 3.8) is 0 Å². The minimum atomic E-state index is -0.806. The van der Waals surface area contributed by atoms with Gasteiger partial charge in [0.15, 0.2) is 7.98 Å². The summed E-state index contributed by atoms with van der Waals surface area (Å²) in [6.45, 7) is 1.20. The van der Waals surface area contributed by atoms with Gasteiger partial charge in [-0.15, -0.1) is 0 Å². The predicted octanol–water partition coefficient (Wildman–Crippen LogP) is -1.48. The maximum Gasteiger partial charge on any atom is 0.185 e. The number of rotatable bonds is 0. The molecule has 2 N–H and O–H groups in total. The van der Waals surface area contributed by atoms with Crippen molar-refractivity contribution in [1.29, 1.82) is 0 Å². The Hall–Kier alpha value is -0.0851. The van der Waals surface area contributed by atoms with Crippen LogP contribution < -0.4 is 5.73 Å². The Morgan fingerprint density at radius 3 is 2.38 bits per heavy atom. The fourth-order valence-corrected chi connectivity index (χ4v) is 0.982. The third-order valence-electron chi connectivity index (χ3n) is 1.47. The molecule has 1 unspecified atom stereocenters. The summed E-state index contributed by atoms with van der Waals surface area (Å²) in [5.74, 6) is 0. The molecule has 1 fully saturated rings. The van der Waals surface area contributed by atoms with Crippen LogP contribution in [0.25, 0.3) is 0 Å². The molecule has 0 saturated carbocycles. The normalized spacial score (nSPS) is 40.8. The van der Waals surface area contributed by atoms with Gasteiger partial charge >= 0.3 is 0 Å². The number of nitrogens with zero attached hydrogens (tertiary/aromatic N) is 1. The summed E-state index contributed by atoms with van der Waals surface area (Å²) in [7, 11) is 1.87. The number of halogens is 1. The first-order valence-corrected chi connectivity index (χ1v) is 2.78. The molecular formula is C4H10BFN2. The van der Waals surface area contributed by atoms with Crippen LogP contribution in [0.1, 0.15) is 0 Å². The Labute approximate surface area is 49.3 Å². The van der Waals surface area contributed by atoms with Gasteiger partial charge in [0.05, 0.1) is 0 Å². The Kier molecular flexibility index (Phi) is 1.53. The van der Waals surface area contributed by atoms with Crippen LogP contribution in [0.2, 0.25) is 0 Å². The molecule has 0 spiro atoms. The molecule has 0 aromatic carbocycles. The maximum atomic E-state index is 12.4. The van der Waals surface area contributed by atoms with Crippen LogP contribution >= 0.6 is 0 Å². The molecule has 0 radical (unpaired) electrons. The lowest BCUT2D eigenvalue weighted by molar-refractivity contribution is 0.324. The summed E-state index contributed by atoms with van der Waals surface area (Å²) in [4.78, 5) is 1.90. The van der Waals surface area contributed by atoms with Gasteiger partial charge in [0.25, 0.3) is 0 Å². The highest BCUT2D eigenvalue weighted by molar-refractivity contribution is 6.04. The molecule has 0 aliphatic carbocycles. The number of nitrogens with two attached hydrogens (primary N) is 1. The van der Waals surface area contributed by atoms with E-state index in [1.54, 1.807) is 0 Å². The van der Waals surface area contributed by atoms with Crippen molar-refractivity contribution in [3.05, 3.63) is 0 Å². The smallest absolute Gasteiger partial charge is 0.185 e. The first-order chi connectivity index (χ1) is 3.70. The van der Waals surface area contributed by atoms with Crippen molar-refractivity contribution in [1.82, 2.24) is 4.81 Å². The van der Waals surface area contributed by atoms with Gasteiger partial charge in [0.1, 0.15) is 6.17 Å². The van der Waals surface area contributed by atoms with Crippen molar-refractivity contribution in [2.45, 2.75) is 12.2 Å². The summed E-state index contributed by atoms with van der Waals surface area (Å²) >= 11 is 0. The van der Waals surface area contributed by atoms with Crippen molar-refractivity contribution < 1.29 is 4.39 Å². The van der Waals surface area contributed by atoms with Gasteiger partial charge < -0.3 is 10.5 Å². The zero-order valence-electron chi connectivity index (χ0n) is 4.97. The van der Waals surface area contributed by atoms with Gasteiger partial charge in [-0.2, -0.15) is 0 Å². The van der Waals surface area contributed by atoms with E-state index in [0.29, 0.717) is 13.1 Å². The Morgan fingerprint density at radius 1 is 1.62 bits per heavy atom. The van der Waals surface area contributed by atoms with E-state index in [-0.39, 0.29) is 6.04 Å². The van der Waals surface area contributed by atoms with Gasteiger partial charge in [-0.25, -0.2) is 4.39 Å². The highest BCUT2D eigenvalue weighted by Gasteiger charge is 2.26. The fourth-order valence-electron chi connectivity index (χ4n) is 0.982. The average Bonchev–Trinajstić information content (AvgIpc) is 1.85. The van der Waals surface area contributed by atoms with Crippen LogP contribution in [0.5, 0.6) is 0 Å². The highest BCUT2D eigenvalue weighted by atomic mass is 19.1. The fraction of sp³-hybridized carbons (Fsp3) is 1.00. The van der Waals surface area contributed by atoms with Gasteiger partial charge in [-0.3, -0.25) is 0 Å². The van der Waals surface area contributed by atoms with E-state index in [2.05, 4.69) is 0 Å². The molecule has 1 aliphatic rings. The number of alkyl halides is 1. The molecular weight excluding hydrogens is 106 g/mol. The van der Waals surface area contributed by atoms with E-state index in [9.17, 15) is 4.39 Å². The third-order valence-corrected chi connectivity index (χ3v) is 1.47. The molecule has 0 amide bonds. The Morgan fingerprint density at radius 2 is 2.25 bits per heavy atom. The second-order valence-electron chi connectivity index (χ2n) is 2.40. The minimum absolute atomic E-state index is 0.250. The molecule has 0 bridgehead atoms. The Bertz CT molecular complexity index is 80.1. The summed E-state index contributed by atoms with van der Waals surface area (Å²) in [5.41, 5.74) is 5.35. The highest BCUT2D eigenvalue weighted by Crippen LogP contribution is 2.07. The topological polar surface area (TPSA) is 29.3 Å². The Balaban J connectivity index is 2.39. The van der Waals surface area contributed by atoms with E-state index in [0.717, 1.165) is 0 Å². The van der Waals surface area contributed by atoms with Crippen molar-refractivity contribution in [2.75, 3.05) is 13.1 Å². The molecule has 2 atom stereocenters. The van der Waals surface area contributed by atoms with E-state index >= 15 is 0 Å². The number of hydrogen-bond donors (Lipinski definition) is 1. The van der Waals surface area contributed by atoms with Crippen LogP contribution in [0.3, 0.4) is 0 Å². The zero-order chi connectivity index (χ0) is 6.15. The summed E-state index contributed by atoms with van der Waals surface area (Å²) in [6.07, 6.45) is -0.806. The molecule has 1 saturated heterocycles. The van der Waals surface area contributed by atoms with Gasteiger partial charge in [-0.05, 0) is 0 Å². The molecule has 1 aliphatic heterocycles. The van der Waals surface area contributed by atoms with E-state index in [1.807, 2.05) is 12.8 Å². The van der Waals surface area contributed by atoms with Gasteiger partial charge in [-0.1, -0.05) is 0 Å². The molecule has 0 aromatic heterocycles. The third kappa shape index (κ3) is 1.01. The van der Waals surface area contributed by atoms with Crippen molar-refractivity contribution >= 4 is 7.98 Å². The van der Waals surface area contributed by atoms with Gasteiger partial charge in [0.2, 0.25) is 0 Å². The summed E-state index contributed by atoms with van der Waals surface area (Å²) < 4.78 is 12.4. The second kappa shape index (κ2) is 2.03. The van der Waals surface area contributed by atoms with Crippen LogP contribution in [0, 0.1) is 0 Å².